The highest BCUT2D eigenvalue weighted by molar-refractivity contribution is 5.95. The average molecular weight is 430 g/mol. The standard InChI is InChI=1S/C25H23FN4O2/c1-2-23-22(16-28-30(23)21-12-10-20(26)11-13-21)25(32)27-15-18-6-8-19(9-7-18)17-29-14-4-3-5-24(29)31/h3-14,16H,2,15,17H2,1H3,(H,27,32). The molecule has 0 saturated heterocycles. The molecule has 0 spiro atoms. The molecule has 4 aromatic rings. The van der Waals surface area contributed by atoms with Gasteiger partial charge in [0, 0.05) is 18.8 Å². The molecule has 0 aliphatic rings. The van der Waals surface area contributed by atoms with Crippen LogP contribution in [0, 0.1) is 5.82 Å². The van der Waals surface area contributed by atoms with Crippen LogP contribution in [0.4, 0.5) is 4.39 Å². The van der Waals surface area contributed by atoms with Gasteiger partial charge in [-0.15, -0.1) is 0 Å². The summed E-state index contributed by atoms with van der Waals surface area (Å²) in [4.78, 5) is 24.6. The molecule has 6 nitrogen and oxygen atoms in total. The van der Waals surface area contributed by atoms with Crippen LogP contribution in [0.1, 0.15) is 34.1 Å². The van der Waals surface area contributed by atoms with E-state index in [1.165, 1.54) is 24.4 Å². The van der Waals surface area contributed by atoms with Crippen molar-refractivity contribution in [2.24, 2.45) is 0 Å². The Bertz CT molecular complexity index is 1270. The Hall–Kier alpha value is -4.00. The molecule has 0 bridgehead atoms. The highest BCUT2D eigenvalue weighted by atomic mass is 19.1. The van der Waals surface area contributed by atoms with Crippen molar-refractivity contribution in [2.75, 3.05) is 0 Å². The Morgan fingerprint density at radius 2 is 1.72 bits per heavy atom. The minimum absolute atomic E-state index is 0.0447. The molecule has 0 atom stereocenters. The van der Waals surface area contributed by atoms with Gasteiger partial charge in [-0.25, -0.2) is 9.07 Å². The first-order valence-electron chi connectivity index (χ1n) is 10.4. The van der Waals surface area contributed by atoms with Gasteiger partial charge in [0.15, 0.2) is 0 Å². The summed E-state index contributed by atoms with van der Waals surface area (Å²) in [7, 11) is 0. The summed E-state index contributed by atoms with van der Waals surface area (Å²) in [5.74, 6) is -0.533. The number of halogens is 1. The Morgan fingerprint density at radius 3 is 2.41 bits per heavy atom. The van der Waals surface area contributed by atoms with E-state index in [9.17, 15) is 14.0 Å². The lowest BCUT2D eigenvalue weighted by molar-refractivity contribution is 0.0950. The van der Waals surface area contributed by atoms with Crippen molar-refractivity contribution in [2.45, 2.75) is 26.4 Å². The smallest absolute Gasteiger partial charge is 0.255 e. The fraction of sp³-hybridized carbons (Fsp3) is 0.160. The van der Waals surface area contributed by atoms with Crippen LogP contribution in [0.15, 0.2) is 83.9 Å². The molecule has 0 aliphatic carbocycles. The number of nitrogens with zero attached hydrogens (tertiary/aromatic N) is 3. The lowest BCUT2D eigenvalue weighted by Gasteiger charge is -2.09. The third kappa shape index (κ3) is 4.67. The maximum atomic E-state index is 13.2. The average Bonchev–Trinajstić information content (AvgIpc) is 3.24. The second kappa shape index (κ2) is 9.43. The van der Waals surface area contributed by atoms with Crippen molar-refractivity contribution < 1.29 is 9.18 Å². The van der Waals surface area contributed by atoms with E-state index in [0.717, 1.165) is 16.8 Å². The Kier molecular flexibility index (Phi) is 6.26. The predicted molar refractivity (Wildman–Crippen MR) is 120 cm³/mol. The normalized spacial score (nSPS) is 10.8. The molecule has 0 unspecified atom stereocenters. The van der Waals surface area contributed by atoms with Gasteiger partial charge in [0.2, 0.25) is 0 Å². The lowest BCUT2D eigenvalue weighted by Crippen LogP contribution is -2.24. The number of benzene rings is 2. The largest absolute Gasteiger partial charge is 0.348 e. The van der Waals surface area contributed by atoms with Crippen LogP contribution < -0.4 is 10.9 Å². The number of amides is 1. The predicted octanol–water partition coefficient (Wildman–Crippen LogP) is 3.71. The first-order chi connectivity index (χ1) is 15.5. The van der Waals surface area contributed by atoms with E-state index in [0.29, 0.717) is 30.8 Å². The summed E-state index contributed by atoms with van der Waals surface area (Å²) >= 11 is 0. The van der Waals surface area contributed by atoms with E-state index in [-0.39, 0.29) is 17.3 Å². The molecule has 2 aromatic carbocycles. The molecular formula is C25H23FN4O2. The van der Waals surface area contributed by atoms with E-state index in [4.69, 9.17) is 0 Å². The molecule has 0 radical (unpaired) electrons. The molecule has 1 amide bonds. The Morgan fingerprint density at radius 1 is 1.00 bits per heavy atom. The third-order valence-electron chi connectivity index (χ3n) is 5.25. The fourth-order valence-electron chi connectivity index (χ4n) is 3.54. The van der Waals surface area contributed by atoms with E-state index in [2.05, 4.69) is 10.4 Å². The van der Waals surface area contributed by atoms with Crippen LogP contribution in [-0.4, -0.2) is 20.3 Å². The van der Waals surface area contributed by atoms with Gasteiger partial charge in [-0.05, 0) is 47.9 Å². The minimum atomic E-state index is -0.321. The highest BCUT2D eigenvalue weighted by Crippen LogP contribution is 2.17. The van der Waals surface area contributed by atoms with Gasteiger partial charge in [-0.1, -0.05) is 37.3 Å². The lowest BCUT2D eigenvalue weighted by atomic mass is 10.1. The second-order valence-electron chi connectivity index (χ2n) is 7.41. The van der Waals surface area contributed by atoms with Crippen molar-refractivity contribution in [3.8, 4) is 5.69 Å². The van der Waals surface area contributed by atoms with Gasteiger partial charge in [-0.3, -0.25) is 9.59 Å². The molecule has 162 valence electrons. The van der Waals surface area contributed by atoms with Crippen LogP contribution >= 0.6 is 0 Å². The van der Waals surface area contributed by atoms with E-state index >= 15 is 0 Å². The zero-order chi connectivity index (χ0) is 22.5. The van der Waals surface area contributed by atoms with Crippen molar-refractivity contribution in [1.29, 1.82) is 0 Å². The molecule has 2 aromatic heterocycles. The van der Waals surface area contributed by atoms with Crippen LogP contribution in [0.5, 0.6) is 0 Å². The summed E-state index contributed by atoms with van der Waals surface area (Å²) < 4.78 is 16.5. The summed E-state index contributed by atoms with van der Waals surface area (Å²) in [6, 6.07) is 18.9. The van der Waals surface area contributed by atoms with Crippen LogP contribution in [-0.2, 0) is 19.5 Å². The summed E-state index contributed by atoms with van der Waals surface area (Å²) in [6.45, 7) is 2.81. The maximum absolute atomic E-state index is 13.2. The Labute approximate surface area is 185 Å². The highest BCUT2D eigenvalue weighted by Gasteiger charge is 2.17. The monoisotopic (exact) mass is 430 g/mol. The number of carbonyl (C=O) groups excluding carboxylic acids is 1. The van der Waals surface area contributed by atoms with Crippen LogP contribution in [0.25, 0.3) is 5.69 Å². The number of aromatic nitrogens is 3. The number of rotatable bonds is 7. The van der Waals surface area contributed by atoms with Crippen molar-refractivity contribution in [3.05, 3.63) is 118 Å². The summed E-state index contributed by atoms with van der Waals surface area (Å²) in [5, 5.41) is 7.26. The zero-order valence-electron chi connectivity index (χ0n) is 17.7. The van der Waals surface area contributed by atoms with E-state index in [1.807, 2.05) is 37.3 Å². The van der Waals surface area contributed by atoms with Gasteiger partial charge in [0.05, 0.1) is 29.7 Å². The molecule has 2 heterocycles. The molecular weight excluding hydrogens is 407 g/mol. The van der Waals surface area contributed by atoms with Gasteiger partial charge in [-0.2, -0.15) is 5.10 Å². The number of carbonyl (C=O) groups is 1. The number of nitrogens with one attached hydrogen (secondary N) is 1. The third-order valence-corrected chi connectivity index (χ3v) is 5.25. The SMILES string of the molecule is CCc1c(C(=O)NCc2ccc(Cn3ccccc3=O)cc2)cnn1-c1ccc(F)cc1. The quantitative estimate of drug-likeness (QED) is 0.486. The number of pyridine rings is 1. The van der Waals surface area contributed by atoms with Crippen molar-refractivity contribution in [3.63, 3.8) is 0 Å². The van der Waals surface area contributed by atoms with Gasteiger partial charge < -0.3 is 9.88 Å². The van der Waals surface area contributed by atoms with Crippen LogP contribution in [0.2, 0.25) is 0 Å². The fourth-order valence-corrected chi connectivity index (χ4v) is 3.54. The summed E-state index contributed by atoms with van der Waals surface area (Å²) in [6.07, 6.45) is 3.90. The molecule has 4 rings (SSSR count). The molecule has 0 saturated carbocycles. The topological polar surface area (TPSA) is 68.9 Å². The first kappa shape index (κ1) is 21.2. The molecule has 0 fully saturated rings. The summed E-state index contributed by atoms with van der Waals surface area (Å²) in [5.41, 5.74) is 3.87. The maximum Gasteiger partial charge on any atom is 0.255 e. The van der Waals surface area contributed by atoms with Crippen molar-refractivity contribution >= 4 is 5.91 Å². The molecule has 0 aliphatic heterocycles. The van der Waals surface area contributed by atoms with Crippen LogP contribution in [0.3, 0.4) is 0 Å². The zero-order valence-corrected chi connectivity index (χ0v) is 17.7. The minimum Gasteiger partial charge on any atom is -0.348 e. The van der Waals surface area contributed by atoms with Crippen molar-refractivity contribution in [1.82, 2.24) is 19.7 Å². The Balaban J connectivity index is 1.42. The van der Waals surface area contributed by atoms with Gasteiger partial charge in [0.1, 0.15) is 5.82 Å². The van der Waals surface area contributed by atoms with Gasteiger partial charge in [0.25, 0.3) is 11.5 Å². The van der Waals surface area contributed by atoms with E-state index in [1.54, 1.807) is 33.6 Å². The number of hydrogen-bond donors (Lipinski definition) is 1. The molecule has 32 heavy (non-hydrogen) atoms. The first-order valence-corrected chi connectivity index (χ1v) is 10.4. The number of hydrogen-bond acceptors (Lipinski definition) is 3. The van der Waals surface area contributed by atoms with E-state index < -0.39 is 0 Å². The van der Waals surface area contributed by atoms with Gasteiger partial charge >= 0.3 is 0 Å². The molecule has 1 N–H and O–H groups in total. The molecule has 7 heteroatoms. The second-order valence-corrected chi connectivity index (χ2v) is 7.41.